The largest absolute Gasteiger partial charge is 0.508 e. The fourth-order valence-electron chi connectivity index (χ4n) is 0.827. The Morgan fingerprint density at radius 3 is 2.47 bits per heavy atom. The number of ether oxygens (including phenoxy) is 1. The zero-order chi connectivity index (χ0) is 11.5. The summed E-state index contributed by atoms with van der Waals surface area (Å²) in [6.45, 7) is -2.73. The van der Waals surface area contributed by atoms with Crippen molar-refractivity contribution >= 4 is 18.6 Å². The van der Waals surface area contributed by atoms with E-state index in [1.165, 1.54) is 6.07 Å². The van der Waals surface area contributed by atoms with Crippen molar-refractivity contribution in [1.82, 2.24) is 0 Å². The third kappa shape index (κ3) is 3.51. The third-order valence-corrected chi connectivity index (χ3v) is 2.02. The van der Waals surface area contributed by atoms with E-state index in [2.05, 4.69) is 6.58 Å². The molecule has 15 heavy (non-hydrogen) atoms. The molecule has 0 amide bonds. The molecule has 0 saturated carbocycles. The molecule has 0 saturated heterocycles. The van der Waals surface area contributed by atoms with E-state index in [0.29, 0.717) is 0 Å². The fourth-order valence-corrected chi connectivity index (χ4v) is 1.02. The molecule has 1 aromatic rings. The Bertz CT molecular complexity index is 365. The monoisotopic (exact) mass is 235 g/mol. The maximum absolute atomic E-state index is 12.1. The van der Waals surface area contributed by atoms with Crippen molar-refractivity contribution in [1.29, 1.82) is 0 Å². The zero-order valence-corrected chi connectivity index (χ0v) is 8.48. The summed E-state index contributed by atoms with van der Waals surface area (Å²) >= 11 is 5.69. The molecule has 0 radical (unpaired) electrons. The first-order valence-electron chi connectivity index (χ1n) is 4.16. The summed E-state index contributed by atoms with van der Waals surface area (Å²) in [7, 11) is 0. The van der Waals surface area contributed by atoms with Crippen LogP contribution >= 0.6 is 11.6 Å². The molecule has 1 rings (SSSR count). The maximum Gasteiger partial charge on any atom is 0.508 e. The molecule has 1 nitrogen and oxygen atoms in total. The highest BCUT2D eigenvalue weighted by molar-refractivity contribution is 6.66. The van der Waals surface area contributed by atoms with E-state index in [0.717, 1.165) is 0 Å². The van der Waals surface area contributed by atoms with Crippen molar-refractivity contribution in [2.45, 2.75) is 0 Å². The molecule has 0 N–H and O–H groups in total. The minimum absolute atomic E-state index is 0.223. The average Bonchev–Trinajstić information content (AvgIpc) is 2.14. The Morgan fingerprint density at radius 2 is 1.93 bits per heavy atom. The Morgan fingerprint density at radius 1 is 1.33 bits per heavy atom. The topological polar surface area (TPSA) is 9.23 Å². The van der Waals surface area contributed by atoms with Gasteiger partial charge in [-0.3, -0.25) is 0 Å². The summed E-state index contributed by atoms with van der Waals surface area (Å²) in [5.41, 5.74) is -0.880. The molecule has 0 aliphatic rings. The van der Waals surface area contributed by atoms with Crippen LogP contribution in [0.25, 0.3) is 0 Å². The number of benzene rings is 1. The minimum Gasteiger partial charge on any atom is -0.491 e. The number of rotatable bonds is 4. The van der Waals surface area contributed by atoms with Gasteiger partial charge in [0.15, 0.2) is 0 Å². The van der Waals surface area contributed by atoms with Crippen LogP contribution in [-0.4, -0.2) is 13.6 Å². The Labute approximate surface area is 90.6 Å². The van der Waals surface area contributed by atoms with E-state index in [1.54, 1.807) is 18.2 Å². The number of halogens is 4. The van der Waals surface area contributed by atoms with Gasteiger partial charge >= 0.3 is 6.98 Å². The van der Waals surface area contributed by atoms with E-state index in [4.69, 9.17) is 16.3 Å². The molecule has 1 aromatic carbocycles. The quantitative estimate of drug-likeness (QED) is 0.724. The number of para-hydroxylation sites is 1. The lowest BCUT2D eigenvalue weighted by Crippen LogP contribution is -2.23. The van der Waals surface area contributed by atoms with Crippen molar-refractivity contribution in [3.8, 4) is 5.75 Å². The lowest BCUT2D eigenvalue weighted by molar-refractivity contribution is 0.347. The van der Waals surface area contributed by atoms with Gasteiger partial charge < -0.3 is 17.7 Å². The van der Waals surface area contributed by atoms with Crippen LogP contribution in [0, 0.1) is 0 Å². The van der Waals surface area contributed by atoms with Gasteiger partial charge in [-0.05, 0) is 12.1 Å². The van der Waals surface area contributed by atoms with Gasteiger partial charge in [0.2, 0.25) is 0 Å². The Kier molecular flexibility index (Phi) is 3.69. The highest BCUT2D eigenvalue weighted by atomic mass is 35.5. The zero-order valence-electron chi connectivity index (χ0n) is 7.72. The normalized spacial score (nSPS) is 11.2. The molecule has 0 heterocycles. The lowest BCUT2D eigenvalue weighted by atomic mass is 9.81. The van der Waals surface area contributed by atoms with Crippen LogP contribution in [0.5, 0.6) is 5.75 Å². The lowest BCUT2D eigenvalue weighted by Gasteiger charge is -2.18. The standard InChI is InChI=1S/C9H8BClF3O/c1-7(10(12,13)14)6-15-9-5-3-2-4-8(9)11/h2-5H,1,6H2/q-1. The third-order valence-electron chi connectivity index (χ3n) is 1.71. The van der Waals surface area contributed by atoms with E-state index in [-0.39, 0.29) is 10.8 Å². The van der Waals surface area contributed by atoms with Gasteiger partial charge in [-0.25, -0.2) is 0 Å². The molecule has 0 fully saturated rings. The first-order chi connectivity index (χ1) is 6.91. The van der Waals surface area contributed by atoms with Gasteiger partial charge in [0.05, 0.1) is 11.6 Å². The second-order valence-corrected chi connectivity index (χ2v) is 3.36. The number of hydrogen-bond donors (Lipinski definition) is 0. The summed E-state index contributed by atoms with van der Waals surface area (Å²) in [5.74, 6) is 0.223. The van der Waals surface area contributed by atoms with Crippen LogP contribution in [0.1, 0.15) is 0 Å². The fraction of sp³-hybridized carbons (Fsp3) is 0.111. The second-order valence-electron chi connectivity index (χ2n) is 2.95. The number of hydrogen-bond acceptors (Lipinski definition) is 1. The highest BCUT2D eigenvalue weighted by Gasteiger charge is 2.26. The first kappa shape index (κ1) is 12.0. The van der Waals surface area contributed by atoms with Crippen LogP contribution in [0.4, 0.5) is 12.9 Å². The maximum atomic E-state index is 12.1. The van der Waals surface area contributed by atoms with Crippen LogP contribution < -0.4 is 4.74 Å². The van der Waals surface area contributed by atoms with E-state index >= 15 is 0 Å². The molecule has 82 valence electrons. The van der Waals surface area contributed by atoms with Crippen LogP contribution in [0.2, 0.25) is 5.02 Å². The molecule has 0 spiro atoms. The van der Waals surface area contributed by atoms with E-state index < -0.39 is 19.1 Å². The smallest absolute Gasteiger partial charge is 0.491 e. The average molecular weight is 235 g/mol. The van der Waals surface area contributed by atoms with Crippen molar-refractivity contribution < 1.29 is 17.7 Å². The molecule has 0 bridgehead atoms. The van der Waals surface area contributed by atoms with Gasteiger partial charge in [0.25, 0.3) is 0 Å². The van der Waals surface area contributed by atoms with Crippen LogP contribution in [-0.2, 0) is 0 Å². The van der Waals surface area contributed by atoms with E-state index in [9.17, 15) is 12.9 Å². The van der Waals surface area contributed by atoms with Crippen molar-refractivity contribution in [2.24, 2.45) is 0 Å². The van der Waals surface area contributed by atoms with Crippen molar-refractivity contribution in [3.63, 3.8) is 0 Å². The highest BCUT2D eigenvalue weighted by Crippen LogP contribution is 2.25. The predicted molar refractivity (Wildman–Crippen MR) is 55.2 cm³/mol. The summed E-state index contributed by atoms with van der Waals surface area (Å²) in [4.78, 5) is 0. The predicted octanol–water partition coefficient (Wildman–Crippen LogP) is 3.66. The molecule has 0 aromatic heterocycles. The molecular formula is C9H8BClF3O-. The Balaban J connectivity index is 2.59. The molecule has 0 unspecified atom stereocenters. The van der Waals surface area contributed by atoms with Crippen LogP contribution in [0.15, 0.2) is 36.3 Å². The minimum atomic E-state index is -5.04. The van der Waals surface area contributed by atoms with Crippen LogP contribution in [0.3, 0.4) is 0 Å². The summed E-state index contributed by atoms with van der Waals surface area (Å²) < 4.78 is 41.2. The van der Waals surface area contributed by atoms with Gasteiger partial charge in [0, 0.05) is 0 Å². The van der Waals surface area contributed by atoms with Crippen molar-refractivity contribution in [3.05, 3.63) is 41.3 Å². The Hall–Kier alpha value is -1.10. The summed E-state index contributed by atoms with van der Waals surface area (Å²) in [6, 6.07) is 6.33. The molecule has 0 atom stereocenters. The van der Waals surface area contributed by atoms with Gasteiger partial charge in [-0.15, -0.1) is 12.1 Å². The molecule has 0 aliphatic heterocycles. The second kappa shape index (κ2) is 4.62. The molecule has 0 aliphatic carbocycles. The first-order valence-corrected chi connectivity index (χ1v) is 4.54. The van der Waals surface area contributed by atoms with Crippen molar-refractivity contribution in [2.75, 3.05) is 6.61 Å². The van der Waals surface area contributed by atoms with Gasteiger partial charge in [0.1, 0.15) is 5.75 Å². The summed E-state index contributed by atoms with van der Waals surface area (Å²) in [6.07, 6.45) is 0. The van der Waals surface area contributed by atoms with Gasteiger partial charge in [-0.1, -0.05) is 23.7 Å². The summed E-state index contributed by atoms with van der Waals surface area (Å²) in [5, 5.41) is 0.278. The molecule has 6 heteroatoms. The van der Waals surface area contributed by atoms with E-state index in [1.807, 2.05) is 0 Å². The van der Waals surface area contributed by atoms with Gasteiger partial charge in [-0.2, -0.15) is 0 Å². The SMILES string of the molecule is C=C(COc1ccccc1Cl)[B-](F)(F)F. The molecular weight excluding hydrogens is 227 g/mol.